The van der Waals surface area contributed by atoms with Gasteiger partial charge in [-0.3, -0.25) is 0 Å². The molecule has 0 aromatic heterocycles. The lowest BCUT2D eigenvalue weighted by Crippen LogP contribution is -2.14. The highest BCUT2D eigenvalue weighted by molar-refractivity contribution is 5.50. The number of hydrogen-bond donors (Lipinski definition) is 1. The van der Waals surface area contributed by atoms with E-state index in [1.165, 1.54) is 6.20 Å². The molecule has 0 unspecified atom stereocenters. The SMILES string of the molecule is Nn1cc2nncc-2nn1. The highest BCUT2D eigenvalue weighted by atomic mass is 15.5. The summed E-state index contributed by atoms with van der Waals surface area (Å²) in [7, 11) is 0. The van der Waals surface area contributed by atoms with Crippen molar-refractivity contribution in [2.45, 2.75) is 0 Å². The molecule has 2 aliphatic rings. The summed E-state index contributed by atoms with van der Waals surface area (Å²) >= 11 is 0. The van der Waals surface area contributed by atoms with Gasteiger partial charge in [0.15, 0.2) is 0 Å². The lowest BCUT2D eigenvalue weighted by Gasteiger charge is -1.95. The molecule has 2 aliphatic heterocycles. The van der Waals surface area contributed by atoms with Crippen LogP contribution in [0.1, 0.15) is 0 Å². The second-order valence-electron chi connectivity index (χ2n) is 1.81. The van der Waals surface area contributed by atoms with Gasteiger partial charge in [0.05, 0.1) is 12.4 Å². The van der Waals surface area contributed by atoms with Crippen molar-refractivity contribution in [2.24, 2.45) is 0 Å². The van der Waals surface area contributed by atoms with E-state index in [0.29, 0.717) is 11.4 Å². The maximum atomic E-state index is 5.26. The van der Waals surface area contributed by atoms with Gasteiger partial charge in [0.2, 0.25) is 0 Å². The molecule has 0 amide bonds. The van der Waals surface area contributed by atoms with Gasteiger partial charge in [-0.25, -0.2) is 0 Å². The molecule has 2 N–H and O–H groups in total. The Labute approximate surface area is 56.0 Å². The van der Waals surface area contributed by atoms with Gasteiger partial charge in [0.25, 0.3) is 0 Å². The van der Waals surface area contributed by atoms with Crippen molar-refractivity contribution in [3.05, 3.63) is 12.4 Å². The highest BCUT2D eigenvalue weighted by Gasteiger charge is 2.05. The maximum absolute atomic E-state index is 5.26. The molecule has 0 aromatic carbocycles. The summed E-state index contributed by atoms with van der Waals surface area (Å²) in [5.41, 5.74) is 1.30. The quantitative estimate of drug-likeness (QED) is 0.464. The average Bonchev–Trinajstić information content (AvgIpc) is 2.33. The number of rotatable bonds is 0. The lowest BCUT2D eigenvalue weighted by atomic mass is 10.4. The van der Waals surface area contributed by atoms with E-state index in [1.807, 2.05) is 0 Å². The van der Waals surface area contributed by atoms with E-state index in [4.69, 9.17) is 5.84 Å². The van der Waals surface area contributed by atoms with Crippen molar-refractivity contribution in [1.82, 2.24) is 25.3 Å². The van der Waals surface area contributed by atoms with Crippen LogP contribution in [0.4, 0.5) is 0 Å². The van der Waals surface area contributed by atoms with E-state index in [-0.39, 0.29) is 0 Å². The molecule has 6 nitrogen and oxygen atoms in total. The zero-order valence-electron chi connectivity index (χ0n) is 4.97. The van der Waals surface area contributed by atoms with Crippen molar-refractivity contribution < 1.29 is 0 Å². The molecular formula is C4H4N6. The Morgan fingerprint density at radius 3 is 3.10 bits per heavy atom. The van der Waals surface area contributed by atoms with Crippen molar-refractivity contribution in [3.8, 4) is 11.4 Å². The van der Waals surface area contributed by atoms with Crippen LogP contribution < -0.4 is 5.84 Å². The molecule has 0 saturated carbocycles. The number of nitrogen functional groups attached to an aromatic ring is 1. The molecule has 2 heterocycles. The molecule has 0 bridgehead atoms. The summed E-state index contributed by atoms with van der Waals surface area (Å²) in [5.74, 6) is 5.26. The van der Waals surface area contributed by atoms with Crippen LogP contribution in [0.15, 0.2) is 12.4 Å². The Morgan fingerprint density at radius 1 is 1.30 bits per heavy atom. The normalized spacial score (nSPS) is 10.4. The van der Waals surface area contributed by atoms with Crippen LogP contribution in [0.5, 0.6) is 0 Å². The third-order valence-corrected chi connectivity index (χ3v) is 1.12. The minimum Gasteiger partial charge on any atom is -0.322 e. The third-order valence-electron chi connectivity index (χ3n) is 1.12. The highest BCUT2D eigenvalue weighted by Crippen LogP contribution is 2.09. The van der Waals surface area contributed by atoms with Crippen molar-refractivity contribution in [3.63, 3.8) is 0 Å². The van der Waals surface area contributed by atoms with Crippen LogP contribution in [0.25, 0.3) is 11.4 Å². The molecule has 0 aliphatic carbocycles. The maximum Gasteiger partial charge on any atom is 0.137 e. The molecule has 6 heteroatoms. The first-order valence-corrected chi connectivity index (χ1v) is 2.65. The molecule has 0 saturated heterocycles. The molecular weight excluding hydrogens is 132 g/mol. The van der Waals surface area contributed by atoms with Crippen LogP contribution in [-0.4, -0.2) is 25.3 Å². The van der Waals surface area contributed by atoms with E-state index in [9.17, 15) is 0 Å². The van der Waals surface area contributed by atoms with Gasteiger partial charge in [0, 0.05) is 0 Å². The fourth-order valence-electron chi connectivity index (χ4n) is 0.683. The molecule has 0 aromatic rings. The average molecular weight is 136 g/mol. The number of aromatic nitrogens is 5. The van der Waals surface area contributed by atoms with E-state index in [1.54, 1.807) is 6.20 Å². The lowest BCUT2D eigenvalue weighted by molar-refractivity contribution is 0.709. The van der Waals surface area contributed by atoms with E-state index >= 15 is 0 Å². The molecule has 0 radical (unpaired) electrons. The Balaban J connectivity index is 2.75. The second kappa shape index (κ2) is 1.63. The Bertz CT molecular complexity index is 314. The Kier molecular flexibility index (Phi) is 0.830. The second-order valence-corrected chi connectivity index (χ2v) is 1.81. The molecule has 0 fully saturated rings. The minimum absolute atomic E-state index is 0.650. The fraction of sp³-hybridized carbons (Fsp3) is 0. The van der Waals surface area contributed by atoms with E-state index < -0.39 is 0 Å². The van der Waals surface area contributed by atoms with Crippen molar-refractivity contribution in [1.29, 1.82) is 0 Å². The summed E-state index contributed by atoms with van der Waals surface area (Å²) in [5, 5.41) is 14.6. The zero-order valence-corrected chi connectivity index (χ0v) is 4.97. The molecule has 10 heavy (non-hydrogen) atoms. The number of nitrogens with zero attached hydrogens (tertiary/aromatic N) is 5. The molecule has 2 rings (SSSR count). The summed E-state index contributed by atoms with van der Waals surface area (Å²) in [6.45, 7) is 0. The number of hydrogen-bond acceptors (Lipinski definition) is 5. The van der Waals surface area contributed by atoms with Crippen LogP contribution >= 0.6 is 0 Å². The van der Waals surface area contributed by atoms with Gasteiger partial charge >= 0.3 is 0 Å². The van der Waals surface area contributed by atoms with Crippen LogP contribution in [0.2, 0.25) is 0 Å². The predicted octanol–water partition coefficient (Wildman–Crippen LogP) is -1.11. The van der Waals surface area contributed by atoms with Crippen molar-refractivity contribution >= 4 is 0 Å². The third kappa shape index (κ3) is 0.586. The Hall–Kier alpha value is -1.72. The van der Waals surface area contributed by atoms with Crippen molar-refractivity contribution in [2.75, 3.05) is 5.84 Å². The zero-order chi connectivity index (χ0) is 6.97. The van der Waals surface area contributed by atoms with Crippen LogP contribution in [-0.2, 0) is 0 Å². The smallest absolute Gasteiger partial charge is 0.137 e. The standard InChI is InChI=1S/C4H4N6/c5-10-2-4-3(8-9-10)1-6-7-4/h1-2H,5H2. The van der Waals surface area contributed by atoms with E-state index in [0.717, 1.165) is 4.79 Å². The van der Waals surface area contributed by atoms with Gasteiger partial charge in [0.1, 0.15) is 11.4 Å². The summed E-state index contributed by atoms with van der Waals surface area (Å²) in [6.07, 6.45) is 3.08. The monoisotopic (exact) mass is 136 g/mol. The van der Waals surface area contributed by atoms with Gasteiger partial charge in [-0.05, 0) is 5.21 Å². The first-order valence-electron chi connectivity index (χ1n) is 2.65. The Morgan fingerprint density at radius 2 is 2.20 bits per heavy atom. The van der Waals surface area contributed by atoms with Crippen LogP contribution in [0.3, 0.4) is 0 Å². The predicted molar refractivity (Wildman–Crippen MR) is 32.4 cm³/mol. The van der Waals surface area contributed by atoms with Gasteiger partial charge in [-0.2, -0.15) is 9.89 Å². The van der Waals surface area contributed by atoms with Gasteiger partial charge in [-0.1, -0.05) is 0 Å². The van der Waals surface area contributed by atoms with E-state index in [2.05, 4.69) is 20.5 Å². The van der Waals surface area contributed by atoms with Gasteiger partial charge in [-0.15, -0.1) is 10.2 Å². The molecule has 0 atom stereocenters. The van der Waals surface area contributed by atoms with Crippen LogP contribution in [0, 0.1) is 0 Å². The fourth-order valence-corrected chi connectivity index (χ4v) is 0.683. The number of fused-ring (bicyclic) bond motifs is 1. The number of nitrogens with two attached hydrogens (primary N) is 1. The summed E-state index contributed by atoms with van der Waals surface area (Å²) < 4.78 is 0. The summed E-state index contributed by atoms with van der Waals surface area (Å²) in [4.78, 5) is 1.09. The minimum atomic E-state index is 0.650. The topological polar surface area (TPSA) is 82.5 Å². The molecule has 0 spiro atoms. The van der Waals surface area contributed by atoms with Gasteiger partial charge < -0.3 is 5.84 Å². The molecule has 50 valence electrons. The first kappa shape index (κ1) is 5.10. The largest absolute Gasteiger partial charge is 0.322 e. The summed E-state index contributed by atoms with van der Waals surface area (Å²) in [6, 6.07) is 0. The first-order chi connectivity index (χ1) is 4.86.